The van der Waals surface area contributed by atoms with Gasteiger partial charge in [0.05, 0.1) is 6.04 Å². The zero-order valence-electron chi connectivity index (χ0n) is 10.0. The van der Waals surface area contributed by atoms with Gasteiger partial charge in [-0.2, -0.15) is 0 Å². The molecule has 0 amide bonds. The van der Waals surface area contributed by atoms with E-state index in [2.05, 4.69) is 5.43 Å². The van der Waals surface area contributed by atoms with Gasteiger partial charge in [0.15, 0.2) is 0 Å². The third-order valence-corrected chi connectivity index (χ3v) is 2.91. The Bertz CT molecular complexity index is 555. The van der Waals surface area contributed by atoms with E-state index in [-0.39, 0.29) is 17.8 Å². The Morgan fingerprint density at radius 1 is 0.947 bits per heavy atom. The molecule has 2 rings (SSSR count). The van der Waals surface area contributed by atoms with Crippen LogP contribution in [-0.4, -0.2) is 0 Å². The number of benzene rings is 2. The highest BCUT2D eigenvalue weighted by molar-refractivity contribution is 5.25. The second-order valence-corrected chi connectivity index (χ2v) is 4.21. The van der Waals surface area contributed by atoms with Crippen molar-refractivity contribution in [3.05, 3.63) is 71.0 Å². The van der Waals surface area contributed by atoms with E-state index in [1.54, 1.807) is 12.1 Å². The first-order chi connectivity index (χ1) is 9.10. The van der Waals surface area contributed by atoms with Crippen molar-refractivity contribution in [2.24, 2.45) is 5.84 Å². The van der Waals surface area contributed by atoms with E-state index in [1.165, 1.54) is 12.1 Å². The molecule has 0 heterocycles. The van der Waals surface area contributed by atoms with Gasteiger partial charge in [0.25, 0.3) is 0 Å². The zero-order valence-corrected chi connectivity index (χ0v) is 10.0. The molecule has 2 aromatic carbocycles. The van der Waals surface area contributed by atoms with Crippen LogP contribution in [0.1, 0.15) is 17.2 Å². The molecular formula is C14H13F3N2. The third-order valence-electron chi connectivity index (χ3n) is 2.91. The lowest BCUT2D eigenvalue weighted by Gasteiger charge is -2.17. The third kappa shape index (κ3) is 3.33. The van der Waals surface area contributed by atoms with Crippen LogP contribution in [0.15, 0.2) is 42.5 Å². The summed E-state index contributed by atoms with van der Waals surface area (Å²) in [4.78, 5) is 0. The van der Waals surface area contributed by atoms with E-state index in [4.69, 9.17) is 5.84 Å². The lowest BCUT2D eigenvalue weighted by Crippen LogP contribution is -2.29. The van der Waals surface area contributed by atoms with Crippen molar-refractivity contribution in [3.63, 3.8) is 0 Å². The van der Waals surface area contributed by atoms with Crippen molar-refractivity contribution < 1.29 is 13.2 Å². The van der Waals surface area contributed by atoms with Crippen LogP contribution in [0.2, 0.25) is 0 Å². The molecule has 0 saturated carbocycles. The fourth-order valence-electron chi connectivity index (χ4n) is 1.89. The SMILES string of the molecule is NNC(Cc1cc(F)ccc1F)c1ccc(F)cc1. The summed E-state index contributed by atoms with van der Waals surface area (Å²) in [6.07, 6.45) is 0.172. The van der Waals surface area contributed by atoms with Crippen LogP contribution in [-0.2, 0) is 6.42 Å². The van der Waals surface area contributed by atoms with Crippen LogP contribution < -0.4 is 11.3 Å². The fourth-order valence-corrected chi connectivity index (χ4v) is 1.89. The van der Waals surface area contributed by atoms with Crippen molar-refractivity contribution in [2.45, 2.75) is 12.5 Å². The Morgan fingerprint density at radius 3 is 2.21 bits per heavy atom. The smallest absolute Gasteiger partial charge is 0.126 e. The second kappa shape index (κ2) is 5.86. The van der Waals surface area contributed by atoms with E-state index in [0.29, 0.717) is 5.56 Å². The van der Waals surface area contributed by atoms with Gasteiger partial charge < -0.3 is 0 Å². The largest absolute Gasteiger partial charge is 0.271 e. The molecule has 0 saturated heterocycles. The molecule has 0 bridgehead atoms. The van der Waals surface area contributed by atoms with Crippen molar-refractivity contribution in [3.8, 4) is 0 Å². The van der Waals surface area contributed by atoms with Crippen molar-refractivity contribution in [1.29, 1.82) is 0 Å². The van der Waals surface area contributed by atoms with Gasteiger partial charge in [0, 0.05) is 0 Å². The number of hydrogen-bond donors (Lipinski definition) is 2. The molecule has 0 fully saturated rings. The van der Waals surface area contributed by atoms with E-state index < -0.39 is 17.7 Å². The van der Waals surface area contributed by atoms with Crippen LogP contribution in [0.5, 0.6) is 0 Å². The number of hydrazine groups is 1. The normalized spacial score (nSPS) is 12.4. The van der Waals surface area contributed by atoms with Gasteiger partial charge in [0.1, 0.15) is 17.5 Å². The summed E-state index contributed by atoms with van der Waals surface area (Å²) in [5.41, 5.74) is 3.44. The summed E-state index contributed by atoms with van der Waals surface area (Å²) in [6.45, 7) is 0. The molecule has 100 valence electrons. The Kier molecular flexibility index (Phi) is 4.19. The molecule has 19 heavy (non-hydrogen) atoms. The molecule has 0 aliphatic heterocycles. The minimum atomic E-state index is -0.508. The first-order valence-corrected chi connectivity index (χ1v) is 5.75. The lowest BCUT2D eigenvalue weighted by molar-refractivity contribution is 0.521. The van der Waals surface area contributed by atoms with E-state index in [0.717, 1.165) is 18.2 Å². The summed E-state index contributed by atoms with van der Waals surface area (Å²) in [5.74, 6) is 4.05. The number of halogens is 3. The average Bonchev–Trinajstić information content (AvgIpc) is 2.41. The van der Waals surface area contributed by atoms with E-state index in [1.807, 2.05) is 0 Å². The lowest BCUT2D eigenvalue weighted by atomic mass is 9.99. The average molecular weight is 266 g/mol. The molecule has 2 aromatic rings. The first-order valence-electron chi connectivity index (χ1n) is 5.75. The highest BCUT2D eigenvalue weighted by atomic mass is 19.1. The van der Waals surface area contributed by atoms with Gasteiger partial charge in [-0.05, 0) is 47.9 Å². The summed E-state index contributed by atoms with van der Waals surface area (Å²) in [5, 5.41) is 0. The van der Waals surface area contributed by atoms with Crippen LogP contribution in [0.4, 0.5) is 13.2 Å². The molecule has 0 aromatic heterocycles. The van der Waals surface area contributed by atoms with E-state index in [9.17, 15) is 13.2 Å². The Morgan fingerprint density at radius 2 is 1.58 bits per heavy atom. The zero-order chi connectivity index (χ0) is 13.8. The summed E-state index contributed by atoms with van der Waals surface area (Å²) >= 11 is 0. The molecule has 3 N–H and O–H groups in total. The van der Waals surface area contributed by atoms with Crippen molar-refractivity contribution >= 4 is 0 Å². The van der Waals surface area contributed by atoms with E-state index >= 15 is 0 Å². The molecular weight excluding hydrogens is 253 g/mol. The summed E-state index contributed by atoms with van der Waals surface area (Å²) in [7, 11) is 0. The fraction of sp³-hybridized carbons (Fsp3) is 0.143. The van der Waals surface area contributed by atoms with Crippen LogP contribution in [0.3, 0.4) is 0 Å². The predicted molar refractivity (Wildman–Crippen MR) is 66.5 cm³/mol. The molecule has 0 aliphatic carbocycles. The highest BCUT2D eigenvalue weighted by Crippen LogP contribution is 2.20. The van der Waals surface area contributed by atoms with Crippen molar-refractivity contribution in [1.82, 2.24) is 5.43 Å². The second-order valence-electron chi connectivity index (χ2n) is 4.21. The Labute approximate surface area is 109 Å². The van der Waals surface area contributed by atoms with Gasteiger partial charge in [-0.25, -0.2) is 13.2 Å². The molecule has 1 unspecified atom stereocenters. The standard InChI is InChI=1S/C14H13F3N2/c15-11-3-1-9(2-4-11)14(19-18)8-10-7-12(16)5-6-13(10)17/h1-7,14,19H,8,18H2. The summed E-state index contributed by atoms with van der Waals surface area (Å²) in [6, 6.07) is 8.53. The maximum Gasteiger partial charge on any atom is 0.126 e. The Hall–Kier alpha value is -1.85. The maximum absolute atomic E-state index is 13.6. The Balaban J connectivity index is 2.23. The molecule has 0 radical (unpaired) electrons. The van der Waals surface area contributed by atoms with Crippen LogP contribution in [0.25, 0.3) is 0 Å². The van der Waals surface area contributed by atoms with Gasteiger partial charge in [-0.3, -0.25) is 11.3 Å². The van der Waals surface area contributed by atoms with Gasteiger partial charge in [-0.1, -0.05) is 12.1 Å². The minimum absolute atomic E-state index is 0.172. The van der Waals surface area contributed by atoms with Gasteiger partial charge >= 0.3 is 0 Å². The maximum atomic E-state index is 13.6. The number of nitrogens with one attached hydrogen (secondary N) is 1. The van der Waals surface area contributed by atoms with Crippen LogP contribution in [0, 0.1) is 17.5 Å². The highest BCUT2D eigenvalue weighted by Gasteiger charge is 2.14. The monoisotopic (exact) mass is 266 g/mol. The molecule has 2 nitrogen and oxygen atoms in total. The number of hydrogen-bond acceptors (Lipinski definition) is 2. The van der Waals surface area contributed by atoms with Gasteiger partial charge in [0.2, 0.25) is 0 Å². The molecule has 1 atom stereocenters. The molecule has 0 spiro atoms. The van der Waals surface area contributed by atoms with Gasteiger partial charge in [-0.15, -0.1) is 0 Å². The number of rotatable bonds is 4. The quantitative estimate of drug-likeness (QED) is 0.659. The van der Waals surface area contributed by atoms with Crippen LogP contribution >= 0.6 is 0 Å². The molecule has 5 heteroatoms. The summed E-state index contributed by atoms with van der Waals surface area (Å²) < 4.78 is 39.5. The first kappa shape index (κ1) is 13.6. The topological polar surface area (TPSA) is 38.0 Å². The minimum Gasteiger partial charge on any atom is -0.271 e. The molecule has 0 aliphatic rings. The number of nitrogens with two attached hydrogens (primary N) is 1. The van der Waals surface area contributed by atoms with Crippen molar-refractivity contribution in [2.75, 3.05) is 0 Å². The predicted octanol–water partition coefficient (Wildman–Crippen LogP) is 2.85.